The van der Waals surface area contributed by atoms with Gasteiger partial charge in [-0.1, -0.05) is 0 Å². The Kier molecular flexibility index (Phi) is 4.26. The molecule has 2 saturated heterocycles. The Labute approximate surface area is 163 Å². The zero-order valence-electron chi connectivity index (χ0n) is 16.0. The number of likely N-dealkylation sites (tertiary alicyclic amines) is 1. The fraction of sp³-hybridized carbons (Fsp3) is 0.333. The van der Waals surface area contributed by atoms with Gasteiger partial charge in [0.15, 0.2) is 0 Å². The number of anilines is 2. The molecule has 3 aromatic heterocycles. The van der Waals surface area contributed by atoms with E-state index in [-0.39, 0.29) is 12.3 Å². The number of rotatable bonds is 5. The molecule has 0 bridgehead atoms. The van der Waals surface area contributed by atoms with Crippen molar-refractivity contribution in [3.8, 4) is 11.1 Å². The average Bonchev–Trinajstić information content (AvgIpc) is 3.41. The van der Waals surface area contributed by atoms with Gasteiger partial charge in [-0.05, 0) is 50.1 Å². The van der Waals surface area contributed by atoms with E-state index in [1.54, 1.807) is 12.4 Å². The number of ether oxygens (including phenoxy) is 1. The molecule has 0 amide bonds. The second-order valence-electron chi connectivity index (χ2n) is 7.28. The Bertz CT molecular complexity index is 1020. The lowest BCUT2D eigenvalue weighted by Gasteiger charge is -2.28. The van der Waals surface area contributed by atoms with Gasteiger partial charge < -0.3 is 10.1 Å². The van der Waals surface area contributed by atoms with E-state index < -0.39 is 0 Å². The molecule has 2 atom stereocenters. The molecule has 1 N–H and O–H groups in total. The Morgan fingerprint density at radius 1 is 1.00 bits per heavy atom. The van der Waals surface area contributed by atoms with Gasteiger partial charge in [-0.15, -0.1) is 0 Å². The Morgan fingerprint density at radius 2 is 1.86 bits per heavy atom. The third kappa shape index (κ3) is 3.34. The lowest BCUT2D eigenvalue weighted by molar-refractivity contribution is 0.109. The monoisotopic (exact) mass is 374 g/mol. The highest BCUT2D eigenvalue weighted by Gasteiger charge is 2.47. The number of nitrogens with zero attached hydrogens (tertiary/aromatic N) is 5. The molecule has 28 heavy (non-hydrogen) atoms. The van der Waals surface area contributed by atoms with E-state index in [0.717, 1.165) is 47.4 Å². The zero-order valence-corrected chi connectivity index (χ0v) is 16.0. The maximum Gasteiger partial charge on any atom is 0.142 e. The lowest BCUT2D eigenvalue weighted by Crippen LogP contribution is -2.39. The first-order valence-electron chi connectivity index (χ1n) is 9.56. The second kappa shape index (κ2) is 6.92. The van der Waals surface area contributed by atoms with Crippen molar-refractivity contribution < 1.29 is 4.74 Å². The van der Waals surface area contributed by atoms with Crippen LogP contribution in [0.4, 0.5) is 11.6 Å². The minimum absolute atomic E-state index is 0.135. The summed E-state index contributed by atoms with van der Waals surface area (Å²) in [6, 6.07) is 8.02. The summed E-state index contributed by atoms with van der Waals surface area (Å²) in [7, 11) is 0. The maximum absolute atomic E-state index is 5.94. The average molecular weight is 374 g/mol. The van der Waals surface area contributed by atoms with Gasteiger partial charge in [0.05, 0.1) is 0 Å². The standard InChI is InChI=1S/C21H22N6O/c1-13-17(20-21(28-20)27-8-3-9-27)10-16(12-24-13)15-4-6-23-19(11-15)26-18-5-7-22-14(2)25-18/h4-7,10-12,20-21H,3,8-9H2,1-2H3,(H,22,23,25,26). The SMILES string of the molecule is Cc1nccc(Nc2cc(-c3cnc(C)c(C4OC4N4CCC4)c3)ccn2)n1. The van der Waals surface area contributed by atoms with Crippen molar-refractivity contribution in [3.63, 3.8) is 0 Å². The van der Waals surface area contributed by atoms with Crippen molar-refractivity contribution in [2.45, 2.75) is 32.6 Å². The summed E-state index contributed by atoms with van der Waals surface area (Å²) in [5, 5.41) is 3.24. The van der Waals surface area contributed by atoms with E-state index in [9.17, 15) is 0 Å². The fourth-order valence-corrected chi connectivity index (χ4v) is 3.54. The molecule has 2 aliphatic heterocycles. The van der Waals surface area contributed by atoms with E-state index in [2.05, 4.69) is 36.2 Å². The molecule has 0 aromatic carbocycles. The fourth-order valence-electron chi connectivity index (χ4n) is 3.54. The molecule has 0 saturated carbocycles. The normalized spacial score (nSPS) is 21.2. The van der Waals surface area contributed by atoms with Crippen molar-refractivity contribution in [2.75, 3.05) is 18.4 Å². The first-order chi connectivity index (χ1) is 13.7. The minimum atomic E-state index is 0.135. The molecule has 3 aromatic rings. The molecule has 2 unspecified atom stereocenters. The van der Waals surface area contributed by atoms with Gasteiger partial charge in [-0.3, -0.25) is 9.88 Å². The van der Waals surface area contributed by atoms with Gasteiger partial charge in [0.1, 0.15) is 29.8 Å². The van der Waals surface area contributed by atoms with Gasteiger partial charge >= 0.3 is 0 Å². The molecule has 0 aliphatic carbocycles. The number of aromatic nitrogens is 4. The number of hydrogen-bond acceptors (Lipinski definition) is 7. The zero-order chi connectivity index (χ0) is 19.1. The van der Waals surface area contributed by atoms with Crippen LogP contribution in [0.15, 0.2) is 42.9 Å². The minimum Gasteiger partial charge on any atom is -0.348 e. The van der Waals surface area contributed by atoms with E-state index in [4.69, 9.17) is 4.74 Å². The largest absolute Gasteiger partial charge is 0.348 e. The predicted molar refractivity (Wildman–Crippen MR) is 106 cm³/mol. The van der Waals surface area contributed by atoms with E-state index in [0.29, 0.717) is 0 Å². The maximum atomic E-state index is 5.94. The molecule has 7 nitrogen and oxygen atoms in total. The van der Waals surface area contributed by atoms with Crippen molar-refractivity contribution >= 4 is 11.6 Å². The molecular formula is C21H22N6O. The highest BCUT2D eigenvalue weighted by atomic mass is 16.6. The van der Waals surface area contributed by atoms with Crippen LogP contribution in [0.1, 0.15) is 29.6 Å². The number of hydrogen-bond donors (Lipinski definition) is 1. The van der Waals surface area contributed by atoms with Crippen LogP contribution in [0.3, 0.4) is 0 Å². The van der Waals surface area contributed by atoms with Crippen LogP contribution in [0.5, 0.6) is 0 Å². The number of pyridine rings is 2. The van der Waals surface area contributed by atoms with Crippen LogP contribution in [-0.2, 0) is 4.74 Å². The van der Waals surface area contributed by atoms with Crippen LogP contribution in [-0.4, -0.2) is 44.2 Å². The topological polar surface area (TPSA) is 79.4 Å². The third-order valence-corrected chi connectivity index (χ3v) is 5.28. The Morgan fingerprint density at radius 3 is 2.64 bits per heavy atom. The number of aryl methyl sites for hydroxylation is 2. The van der Waals surface area contributed by atoms with Gasteiger partial charge in [-0.2, -0.15) is 0 Å². The van der Waals surface area contributed by atoms with Gasteiger partial charge in [-0.25, -0.2) is 15.0 Å². The second-order valence-corrected chi connectivity index (χ2v) is 7.28. The molecule has 2 fully saturated rings. The quantitative estimate of drug-likeness (QED) is 0.686. The summed E-state index contributed by atoms with van der Waals surface area (Å²) in [4.78, 5) is 19.9. The third-order valence-electron chi connectivity index (χ3n) is 5.28. The van der Waals surface area contributed by atoms with Crippen LogP contribution >= 0.6 is 0 Å². The van der Waals surface area contributed by atoms with E-state index in [1.807, 2.05) is 38.2 Å². The molecule has 5 heterocycles. The van der Waals surface area contributed by atoms with Crippen molar-refractivity contribution in [3.05, 3.63) is 59.9 Å². The summed E-state index contributed by atoms with van der Waals surface area (Å²) < 4.78 is 5.94. The lowest BCUT2D eigenvalue weighted by atomic mass is 10.0. The first-order valence-corrected chi connectivity index (χ1v) is 9.56. The van der Waals surface area contributed by atoms with Gasteiger partial charge in [0.25, 0.3) is 0 Å². The highest BCUT2D eigenvalue weighted by Crippen LogP contribution is 2.44. The molecular weight excluding hydrogens is 352 g/mol. The summed E-state index contributed by atoms with van der Waals surface area (Å²) in [5.41, 5.74) is 4.31. The smallest absolute Gasteiger partial charge is 0.142 e. The molecule has 0 radical (unpaired) electrons. The van der Waals surface area contributed by atoms with Crippen molar-refractivity contribution in [1.82, 2.24) is 24.8 Å². The number of epoxide rings is 1. The van der Waals surface area contributed by atoms with Gasteiger partial charge in [0.2, 0.25) is 0 Å². The number of nitrogens with one attached hydrogen (secondary N) is 1. The summed E-state index contributed by atoms with van der Waals surface area (Å²) in [6.45, 7) is 6.18. The summed E-state index contributed by atoms with van der Waals surface area (Å²) >= 11 is 0. The summed E-state index contributed by atoms with van der Waals surface area (Å²) in [6.07, 6.45) is 7.06. The van der Waals surface area contributed by atoms with Crippen molar-refractivity contribution in [1.29, 1.82) is 0 Å². The van der Waals surface area contributed by atoms with Crippen LogP contribution in [0, 0.1) is 13.8 Å². The van der Waals surface area contributed by atoms with Crippen LogP contribution in [0.2, 0.25) is 0 Å². The highest BCUT2D eigenvalue weighted by molar-refractivity contribution is 5.68. The molecule has 142 valence electrons. The molecule has 0 spiro atoms. The van der Waals surface area contributed by atoms with Crippen LogP contribution < -0.4 is 5.32 Å². The summed E-state index contributed by atoms with van der Waals surface area (Å²) in [5.74, 6) is 2.18. The first kappa shape index (κ1) is 17.2. The van der Waals surface area contributed by atoms with E-state index in [1.165, 1.54) is 12.0 Å². The Balaban J connectivity index is 1.39. The molecule has 7 heteroatoms. The Hall–Kier alpha value is -2.90. The van der Waals surface area contributed by atoms with Gasteiger partial charge in [0, 0.05) is 48.5 Å². The van der Waals surface area contributed by atoms with Crippen molar-refractivity contribution in [2.24, 2.45) is 0 Å². The molecule has 2 aliphatic rings. The molecule has 5 rings (SSSR count). The van der Waals surface area contributed by atoms with E-state index >= 15 is 0 Å². The van der Waals surface area contributed by atoms with Crippen LogP contribution in [0.25, 0.3) is 11.1 Å². The predicted octanol–water partition coefficient (Wildman–Crippen LogP) is 3.40.